The van der Waals surface area contributed by atoms with Gasteiger partial charge in [0.15, 0.2) is 11.6 Å². The van der Waals surface area contributed by atoms with E-state index in [2.05, 4.69) is 9.24 Å². The average Bonchev–Trinajstić information content (AvgIpc) is 2.13. The average molecular weight is 221 g/mol. The molecule has 0 bridgehead atoms. The second-order valence-electron chi connectivity index (χ2n) is 2.46. The highest BCUT2D eigenvalue weighted by Gasteiger charge is 2.10. The summed E-state index contributed by atoms with van der Waals surface area (Å²) >= 11 is 5.78. The number of hydrogen-bond acceptors (Lipinski definition) is 0. The van der Waals surface area contributed by atoms with Crippen molar-refractivity contribution in [3.05, 3.63) is 35.4 Å². The summed E-state index contributed by atoms with van der Waals surface area (Å²) in [4.78, 5) is 0. The minimum absolute atomic E-state index is 0.156. The highest BCUT2D eigenvalue weighted by atomic mass is 35.5. The van der Waals surface area contributed by atoms with Gasteiger partial charge in [0.05, 0.1) is 0 Å². The fraction of sp³-hybridized carbons (Fsp3) is 0.111. The maximum atomic E-state index is 13.0. The number of allylic oxidation sites excluding steroid dienone is 1. The molecular formula is C9H8ClF2P. The molecule has 0 nitrogen and oxygen atoms in total. The van der Waals surface area contributed by atoms with Crippen LogP contribution < -0.4 is 5.30 Å². The molecule has 1 unspecified atom stereocenters. The van der Waals surface area contributed by atoms with Crippen LogP contribution in [0.3, 0.4) is 0 Å². The maximum Gasteiger partial charge on any atom is 0.166 e. The zero-order valence-electron chi connectivity index (χ0n) is 6.94. The second kappa shape index (κ2) is 4.17. The van der Waals surface area contributed by atoms with E-state index in [4.69, 9.17) is 11.6 Å². The number of rotatable bonds is 1. The summed E-state index contributed by atoms with van der Waals surface area (Å²) in [6, 6.07) is 2.51. The molecular weight excluding hydrogens is 213 g/mol. The van der Waals surface area contributed by atoms with Crippen LogP contribution in [0.4, 0.5) is 8.78 Å². The van der Waals surface area contributed by atoms with Crippen LogP contribution >= 0.6 is 20.8 Å². The molecule has 1 rings (SSSR count). The van der Waals surface area contributed by atoms with Crippen molar-refractivity contribution in [2.75, 3.05) is 0 Å². The zero-order chi connectivity index (χ0) is 10.0. The first kappa shape index (κ1) is 10.6. The molecule has 1 aromatic rings. The molecule has 0 heterocycles. The van der Waals surface area contributed by atoms with Crippen LogP contribution in [0, 0.1) is 11.6 Å². The van der Waals surface area contributed by atoms with Gasteiger partial charge in [-0.15, -0.1) is 9.24 Å². The molecule has 0 aliphatic carbocycles. The lowest BCUT2D eigenvalue weighted by molar-refractivity contribution is 0.514. The Morgan fingerprint density at radius 1 is 1.46 bits per heavy atom. The van der Waals surface area contributed by atoms with E-state index in [1.807, 2.05) is 0 Å². The van der Waals surface area contributed by atoms with Gasteiger partial charge >= 0.3 is 0 Å². The summed E-state index contributed by atoms with van der Waals surface area (Å²) < 4.78 is 25.7. The quantitative estimate of drug-likeness (QED) is 0.638. The Hall–Kier alpha value is -0.460. The second-order valence-corrected chi connectivity index (χ2v) is 3.44. The summed E-state index contributed by atoms with van der Waals surface area (Å²) in [7, 11) is 2.14. The van der Waals surface area contributed by atoms with E-state index < -0.39 is 11.6 Å². The molecule has 0 fully saturated rings. The van der Waals surface area contributed by atoms with Crippen LogP contribution in [0.2, 0.25) is 0 Å². The van der Waals surface area contributed by atoms with Gasteiger partial charge in [0.1, 0.15) is 0 Å². The molecule has 4 heteroatoms. The Kier molecular flexibility index (Phi) is 3.40. The van der Waals surface area contributed by atoms with Gasteiger partial charge < -0.3 is 0 Å². The molecule has 13 heavy (non-hydrogen) atoms. The minimum atomic E-state index is -0.873. The standard InChI is InChI=1S/C9H8ClF2P/c1-2-6(10)5-3-4-7(11)8(12)9(5)13/h2-4H,13H2,1H3/b6-2-. The van der Waals surface area contributed by atoms with E-state index in [-0.39, 0.29) is 5.30 Å². The van der Waals surface area contributed by atoms with Gasteiger partial charge in [0, 0.05) is 15.9 Å². The maximum absolute atomic E-state index is 13.0. The van der Waals surface area contributed by atoms with Crippen molar-refractivity contribution >= 4 is 31.2 Å². The summed E-state index contributed by atoms with van der Waals surface area (Å²) in [6.07, 6.45) is 1.63. The Labute approximate surface area is 82.8 Å². The molecule has 0 aliphatic heterocycles. The summed E-state index contributed by atoms with van der Waals surface area (Å²) in [5.41, 5.74) is 0.494. The van der Waals surface area contributed by atoms with Crippen LogP contribution in [0.5, 0.6) is 0 Å². The van der Waals surface area contributed by atoms with Gasteiger partial charge in [-0.2, -0.15) is 0 Å². The fourth-order valence-electron chi connectivity index (χ4n) is 0.930. The highest BCUT2D eigenvalue weighted by molar-refractivity contribution is 7.27. The van der Waals surface area contributed by atoms with Crippen molar-refractivity contribution in [1.82, 2.24) is 0 Å². The van der Waals surface area contributed by atoms with Crippen LogP contribution in [-0.4, -0.2) is 0 Å². The molecule has 0 aliphatic rings. The van der Waals surface area contributed by atoms with E-state index >= 15 is 0 Å². The predicted octanol–water partition coefficient (Wildman–Crippen LogP) is 3.06. The Morgan fingerprint density at radius 2 is 2.08 bits per heavy atom. The Morgan fingerprint density at radius 3 is 2.62 bits per heavy atom. The normalized spacial score (nSPS) is 11.9. The molecule has 70 valence electrons. The molecule has 0 N–H and O–H groups in total. The lowest BCUT2D eigenvalue weighted by Crippen LogP contribution is -2.07. The molecule has 0 saturated heterocycles. The molecule has 0 radical (unpaired) electrons. The number of halogens is 3. The van der Waals surface area contributed by atoms with Crippen LogP contribution in [-0.2, 0) is 0 Å². The summed E-state index contributed by atoms with van der Waals surface area (Å²) in [5.74, 6) is -1.74. The summed E-state index contributed by atoms with van der Waals surface area (Å²) in [5, 5.41) is 0.562. The third kappa shape index (κ3) is 2.07. The van der Waals surface area contributed by atoms with Crippen molar-refractivity contribution in [1.29, 1.82) is 0 Å². The van der Waals surface area contributed by atoms with Crippen molar-refractivity contribution in [2.45, 2.75) is 6.92 Å². The number of benzene rings is 1. The predicted molar refractivity (Wildman–Crippen MR) is 55.2 cm³/mol. The fourth-order valence-corrected chi connectivity index (χ4v) is 1.58. The van der Waals surface area contributed by atoms with E-state index in [1.165, 1.54) is 6.07 Å². The van der Waals surface area contributed by atoms with Gasteiger partial charge in [-0.1, -0.05) is 17.7 Å². The largest absolute Gasteiger partial charge is 0.204 e. The van der Waals surface area contributed by atoms with Crippen LogP contribution in [0.1, 0.15) is 12.5 Å². The Balaban J connectivity index is 3.34. The molecule has 1 aromatic carbocycles. The molecule has 0 amide bonds. The third-order valence-electron chi connectivity index (χ3n) is 1.64. The smallest absolute Gasteiger partial charge is 0.166 e. The first-order chi connectivity index (χ1) is 6.07. The van der Waals surface area contributed by atoms with Gasteiger partial charge in [-0.25, -0.2) is 8.78 Å². The van der Waals surface area contributed by atoms with Gasteiger partial charge in [0.25, 0.3) is 0 Å². The van der Waals surface area contributed by atoms with Gasteiger partial charge in [0.2, 0.25) is 0 Å². The first-order valence-corrected chi connectivity index (χ1v) is 4.59. The monoisotopic (exact) mass is 220 g/mol. The van der Waals surface area contributed by atoms with E-state index in [0.717, 1.165) is 6.07 Å². The lowest BCUT2D eigenvalue weighted by Gasteiger charge is -2.05. The summed E-state index contributed by atoms with van der Waals surface area (Å²) in [6.45, 7) is 1.73. The first-order valence-electron chi connectivity index (χ1n) is 3.63. The molecule has 0 spiro atoms. The van der Waals surface area contributed by atoms with E-state index in [9.17, 15) is 8.78 Å². The minimum Gasteiger partial charge on any atom is -0.204 e. The van der Waals surface area contributed by atoms with Crippen molar-refractivity contribution in [2.24, 2.45) is 0 Å². The van der Waals surface area contributed by atoms with Gasteiger partial charge in [-0.3, -0.25) is 0 Å². The SMILES string of the molecule is C/C=C(\Cl)c1ccc(F)c(F)c1P. The third-order valence-corrected chi connectivity index (χ3v) is 2.63. The highest BCUT2D eigenvalue weighted by Crippen LogP contribution is 2.20. The van der Waals surface area contributed by atoms with Crippen molar-refractivity contribution in [3.8, 4) is 0 Å². The lowest BCUT2D eigenvalue weighted by atomic mass is 10.2. The number of hydrogen-bond donors (Lipinski definition) is 0. The Bertz CT molecular complexity index is 361. The van der Waals surface area contributed by atoms with Crippen LogP contribution in [0.15, 0.2) is 18.2 Å². The van der Waals surface area contributed by atoms with Gasteiger partial charge in [-0.05, 0) is 19.1 Å². The van der Waals surface area contributed by atoms with Crippen molar-refractivity contribution in [3.63, 3.8) is 0 Å². The molecule has 0 saturated carbocycles. The molecule has 0 aromatic heterocycles. The molecule has 1 atom stereocenters. The zero-order valence-corrected chi connectivity index (χ0v) is 8.85. The van der Waals surface area contributed by atoms with E-state index in [1.54, 1.807) is 13.0 Å². The van der Waals surface area contributed by atoms with Crippen LogP contribution in [0.25, 0.3) is 5.03 Å². The topological polar surface area (TPSA) is 0 Å². The van der Waals surface area contributed by atoms with E-state index in [0.29, 0.717) is 10.6 Å². The van der Waals surface area contributed by atoms with Crippen molar-refractivity contribution < 1.29 is 8.78 Å².